The van der Waals surface area contributed by atoms with E-state index in [1.807, 2.05) is 55.5 Å². The molecule has 0 spiro atoms. The van der Waals surface area contributed by atoms with Gasteiger partial charge in [-0.2, -0.15) is 0 Å². The smallest absolute Gasteiger partial charge is 0.239 e. The molecule has 1 saturated carbocycles. The first-order valence-corrected chi connectivity index (χ1v) is 15.1. The van der Waals surface area contributed by atoms with Crippen LogP contribution in [0.4, 0.5) is 5.69 Å². The van der Waals surface area contributed by atoms with E-state index in [-0.39, 0.29) is 24.4 Å². The van der Waals surface area contributed by atoms with Crippen molar-refractivity contribution in [3.63, 3.8) is 0 Å². The van der Waals surface area contributed by atoms with Crippen molar-refractivity contribution in [3.05, 3.63) is 59.7 Å². The number of carbonyl (C=O) groups excluding carboxylic acids is 2. The number of hydrogen-bond donors (Lipinski definition) is 3. The van der Waals surface area contributed by atoms with Crippen LogP contribution < -0.4 is 15.8 Å². The van der Waals surface area contributed by atoms with Gasteiger partial charge >= 0.3 is 0 Å². The highest BCUT2D eigenvalue weighted by Crippen LogP contribution is 2.33. The van der Waals surface area contributed by atoms with E-state index in [9.17, 15) is 14.7 Å². The number of guanidine groups is 1. The quantitative estimate of drug-likeness (QED) is 0.228. The SMILES string of the molecule is CCC(O)N(C(=O)CCCCCOc1cccc2c1CN(CC(=O)NCc1ccccc1)C(N)=N2)C1CCCCC1. The van der Waals surface area contributed by atoms with Crippen LogP contribution in [0.1, 0.15) is 82.3 Å². The molecule has 0 bridgehead atoms. The predicted molar refractivity (Wildman–Crippen MR) is 160 cm³/mol. The van der Waals surface area contributed by atoms with E-state index >= 15 is 0 Å². The number of nitrogens with one attached hydrogen (secondary N) is 1. The molecule has 2 aromatic carbocycles. The average Bonchev–Trinajstić information content (AvgIpc) is 2.99. The van der Waals surface area contributed by atoms with Gasteiger partial charge in [0.2, 0.25) is 11.8 Å². The number of fused-ring (bicyclic) bond motifs is 1. The van der Waals surface area contributed by atoms with Gasteiger partial charge in [-0.15, -0.1) is 0 Å². The summed E-state index contributed by atoms with van der Waals surface area (Å²) in [5, 5.41) is 13.4. The number of unbranched alkanes of at least 4 members (excludes halogenated alkanes) is 2. The molecular formula is C32H45N5O4. The van der Waals surface area contributed by atoms with E-state index in [2.05, 4.69) is 10.3 Å². The number of aliphatic imine (C=N–C) groups is 1. The van der Waals surface area contributed by atoms with Crippen LogP contribution in [-0.4, -0.2) is 58.1 Å². The highest BCUT2D eigenvalue weighted by Gasteiger charge is 2.29. The molecule has 1 aliphatic carbocycles. The minimum absolute atomic E-state index is 0.0626. The number of nitrogens with two attached hydrogens (primary N) is 1. The number of nitrogens with zero attached hydrogens (tertiary/aromatic N) is 3. The molecule has 1 atom stereocenters. The maximum Gasteiger partial charge on any atom is 0.239 e. The first-order valence-electron chi connectivity index (χ1n) is 15.1. The minimum atomic E-state index is -0.690. The van der Waals surface area contributed by atoms with Gasteiger partial charge in [-0.1, -0.05) is 62.6 Å². The molecule has 1 heterocycles. The summed E-state index contributed by atoms with van der Waals surface area (Å²) in [6.45, 7) is 3.44. The Hall–Kier alpha value is -3.59. The molecule has 0 aromatic heterocycles. The van der Waals surface area contributed by atoms with E-state index in [0.717, 1.165) is 67.5 Å². The molecule has 41 heavy (non-hydrogen) atoms. The second-order valence-electron chi connectivity index (χ2n) is 11.0. The van der Waals surface area contributed by atoms with Crippen molar-refractivity contribution in [1.29, 1.82) is 0 Å². The van der Waals surface area contributed by atoms with Gasteiger partial charge < -0.3 is 30.7 Å². The maximum absolute atomic E-state index is 13.0. The molecular weight excluding hydrogens is 518 g/mol. The van der Waals surface area contributed by atoms with Gasteiger partial charge in [0.1, 0.15) is 18.5 Å². The maximum atomic E-state index is 13.0. The number of ether oxygens (including phenoxy) is 1. The van der Waals surface area contributed by atoms with Crippen LogP contribution >= 0.6 is 0 Å². The monoisotopic (exact) mass is 563 g/mol. The molecule has 2 amide bonds. The van der Waals surface area contributed by atoms with Crippen LogP contribution in [0.3, 0.4) is 0 Å². The summed E-state index contributed by atoms with van der Waals surface area (Å²) in [4.78, 5) is 33.6. The van der Waals surface area contributed by atoms with Crippen molar-refractivity contribution in [2.24, 2.45) is 10.7 Å². The summed E-state index contributed by atoms with van der Waals surface area (Å²) in [5.74, 6) is 0.980. The Morgan fingerprint density at radius 3 is 2.63 bits per heavy atom. The Kier molecular flexibility index (Phi) is 11.4. The number of aliphatic hydroxyl groups is 1. The van der Waals surface area contributed by atoms with Crippen molar-refractivity contribution in [1.82, 2.24) is 15.1 Å². The van der Waals surface area contributed by atoms with Gasteiger partial charge in [0, 0.05) is 24.6 Å². The number of benzene rings is 2. The largest absolute Gasteiger partial charge is 0.493 e. The zero-order valence-electron chi connectivity index (χ0n) is 24.3. The third-order valence-corrected chi connectivity index (χ3v) is 7.92. The van der Waals surface area contributed by atoms with Gasteiger partial charge in [-0.05, 0) is 56.2 Å². The number of amides is 2. The van der Waals surface area contributed by atoms with Crippen molar-refractivity contribution < 1.29 is 19.4 Å². The highest BCUT2D eigenvalue weighted by atomic mass is 16.5. The van der Waals surface area contributed by atoms with E-state index in [1.54, 1.807) is 9.80 Å². The fraction of sp³-hybridized carbons (Fsp3) is 0.531. The summed E-state index contributed by atoms with van der Waals surface area (Å²) < 4.78 is 6.13. The standard InChI is InChI=1S/C32H45N5O4/c1-2-30(39)37(25-15-8-4-9-16-25)31(40)19-10-5-11-20-41-28-18-12-17-27-26(28)22-36(32(33)35-27)23-29(38)34-21-24-13-6-3-7-14-24/h3,6-7,12-14,17-18,25,30,39H,2,4-5,8-11,15-16,19-23H2,1H3,(H2,33,35)(H,34,38). The van der Waals surface area contributed by atoms with Crippen LogP contribution in [0.2, 0.25) is 0 Å². The van der Waals surface area contributed by atoms with E-state index in [0.29, 0.717) is 38.5 Å². The molecule has 2 aliphatic rings. The van der Waals surface area contributed by atoms with E-state index in [4.69, 9.17) is 10.5 Å². The predicted octanol–water partition coefficient (Wildman–Crippen LogP) is 4.59. The van der Waals surface area contributed by atoms with Gasteiger partial charge in [0.15, 0.2) is 5.96 Å². The van der Waals surface area contributed by atoms with Crippen LogP contribution in [0, 0.1) is 0 Å². The van der Waals surface area contributed by atoms with E-state index in [1.165, 1.54) is 6.42 Å². The molecule has 0 saturated heterocycles. The fourth-order valence-corrected chi connectivity index (χ4v) is 5.62. The van der Waals surface area contributed by atoms with Crippen LogP contribution in [0.25, 0.3) is 0 Å². The molecule has 2 aromatic rings. The van der Waals surface area contributed by atoms with Gasteiger partial charge in [-0.3, -0.25) is 9.59 Å². The normalized spacial score (nSPS) is 16.0. The third kappa shape index (κ3) is 8.70. The number of hydrogen-bond acceptors (Lipinski definition) is 7. The number of carbonyl (C=O) groups is 2. The summed E-state index contributed by atoms with van der Waals surface area (Å²) in [7, 11) is 0. The van der Waals surface area contributed by atoms with Crippen LogP contribution in [0.5, 0.6) is 5.75 Å². The fourth-order valence-electron chi connectivity index (χ4n) is 5.62. The molecule has 4 N–H and O–H groups in total. The summed E-state index contributed by atoms with van der Waals surface area (Å²) in [5.41, 5.74) is 8.88. The van der Waals surface area contributed by atoms with Crippen LogP contribution in [0.15, 0.2) is 53.5 Å². The molecule has 1 unspecified atom stereocenters. The minimum Gasteiger partial charge on any atom is -0.493 e. The summed E-state index contributed by atoms with van der Waals surface area (Å²) in [6, 6.07) is 15.7. The highest BCUT2D eigenvalue weighted by molar-refractivity contribution is 5.89. The summed E-state index contributed by atoms with van der Waals surface area (Å²) >= 11 is 0. The van der Waals surface area contributed by atoms with E-state index < -0.39 is 6.23 Å². The van der Waals surface area contributed by atoms with Crippen molar-refractivity contribution in [2.45, 2.75) is 96.5 Å². The lowest BCUT2D eigenvalue weighted by Crippen LogP contribution is -2.47. The third-order valence-electron chi connectivity index (χ3n) is 7.92. The lowest BCUT2D eigenvalue weighted by molar-refractivity contribution is -0.147. The topological polar surface area (TPSA) is 120 Å². The van der Waals surface area contributed by atoms with Crippen LogP contribution in [-0.2, 0) is 22.7 Å². The average molecular weight is 564 g/mol. The molecule has 222 valence electrons. The van der Waals surface area contributed by atoms with Gasteiger partial charge in [0.25, 0.3) is 0 Å². The Morgan fingerprint density at radius 2 is 1.88 bits per heavy atom. The molecule has 0 radical (unpaired) electrons. The lowest BCUT2D eigenvalue weighted by atomic mass is 9.93. The first kappa shape index (κ1) is 30.4. The van der Waals surface area contributed by atoms with Gasteiger partial charge in [-0.25, -0.2) is 4.99 Å². The Morgan fingerprint density at radius 1 is 1.10 bits per heavy atom. The Balaban J connectivity index is 1.22. The Bertz CT molecular complexity index is 1170. The zero-order valence-corrected chi connectivity index (χ0v) is 24.3. The molecule has 4 rings (SSSR count). The van der Waals surface area contributed by atoms with Crippen molar-refractivity contribution in [2.75, 3.05) is 13.2 Å². The second-order valence-corrected chi connectivity index (χ2v) is 11.0. The lowest BCUT2D eigenvalue weighted by Gasteiger charge is -2.37. The number of rotatable bonds is 14. The molecule has 1 fully saturated rings. The molecule has 9 nitrogen and oxygen atoms in total. The van der Waals surface area contributed by atoms with Crippen molar-refractivity contribution >= 4 is 23.5 Å². The number of aliphatic hydroxyl groups excluding tert-OH is 1. The zero-order chi connectivity index (χ0) is 29.0. The van der Waals surface area contributed by atoms with Gasteiger partial charge in [0.05, 0.1) is 18.8 Å². The van der Waals surface area contributed by atoms with Crippen molar-refractivity contribution in [3.8, 4) is 5.75 Å². The second kappa shape index (κ2) is 15.4. The summed E-state index contributed by atoms with van der Waals surface area (Å²) in [6.07, 6.45) is 8.21. The first-order chi connectivity index (χ1) is 20.0. The Labute approximate surface area is 243 Å². The molecule has 1 aliphatic heterocycles. The molecule has 9 heteroatoms.